The van der Waals surface area contributed by atoms with Gasteiger partial charge in [-0.05, 0) is 49.9 Å². The van der Waals surface area contributed by atoms with Gasteiger partial charge in [-0.2, -0.15) is 0 Å². The van der Waals surface area contributed by atoms with E-state index in [1.165, 1.54) is 19.4 Å². The summed E-state index contributed by atoms with van der Waals surface area (Å²) in [4.78, 5) is 6.82. The molecule has 0 bridgehead atoms. The van der Waals surface area contributed by atoms with E-state index in [0.717, 1.165) is 37.3 Å². The number of piperidine rings is 1. The number of nitrogens with zero attached hydrogens (tertiary/aromatic N) is 2. The number of aromatic nitrogens is 1. The Labute approximate surface area is 111 Å². The lowest BCUT2D eigenvalue weighted by molar-refractivity contribution is 0.373. The molecule has 2 rings (SSSR count). The Kier molecular flexibility index (Phi) is 5.00. The zero-order valence-corrected chi connectivity index (χ0v) is 11.6. The number of nitrogens with one attached hydrogen (secondary N) is 1. The molecular weight excluding hydrogens is 222 g/mol. The van der Waals surface area contributed by atoms with E-state index >= 15 is 0 Å². The molecule has 1 fully saturated rings. The van der Waals surface area contributed by atoms with Gasteiger partial charge in [-0.15, -0.1) is 0 Å². The largest absolute Gasteiger partial charge is 0.357 e. The molecule has 0 unspecified atom stereocenters. The van der Waals surface area contributed by atoms with E-state index in [9.17, 15) is 0 Å². The molecule has 18 heavy (non-hydrogen) atoms. The van der Waals surface area contributed by atoms with Crippen LogP contribution in [0, 0.1) is 11.8 Å². The van der Waals surface area contributed by atoms with Gasteiger partial charge in [0.25, 0.3) is 0 Å². The van der Waals surface area contributed by atoms with Gasteiger partial charge < -0.3 is 10.2 Å². The summed E-state index contributed by atoms with van der Waals surface area (Å²) >= 11 is 0. The van der Waals surface area contributed by atoms with E-state index in [1.807, 2.05) is 12.3 Å². The van der Waals surface area contributed by atoms with Gasteiger partial charge in [-0.3, -0.25) is 0 Å². The second kappa shape index (κ2) is 6.74. The predicted octanol–water partition coefficient (Wildman–Crippen LogP) is 2.54. The Morgan fingerprint density at radius 2 is 2.11 bits per heavy atom. The fourth-order valence-electron chi connectivity index (χ4n) is 2.48. The minimum Gasteiger partial charge on any atom is -0.357 e. The van der Waals surface area contributed by atoms with Crippen molar-refractivity contribution >= 4 is 5.82 Å². The molecule has 1 aromatic heterocycles. The molecule has 1 aliphatic rings. The third-order valence-electron chi connectivity index (χ3n) is 3.57. The van der Waals surface area contributed by atoms with Crippen molar-refractivity contribution in [3.05, 3.63) is 24.4 Å². The van der Waals surface area contributed by atoms with Crippen molar-refractivity contribution in [2.45, 2.75) is 26.7 Å². The zero-order valence-electron chi connectivity index (χ0n) is 11.6. The van der Waals surface area contributed by atoms with E-state index in [1.54, 1.807) is 0 Å². The normalized spacial score (nSPS) is 17.4. The number of hydrogen-bond donors (Lipinski definition) is 1. The summed E-state index contributed by atoms with van der Waals surface area (Å²) in [7, 11) is 0. The maximum atomic E-state index is 4.42. The summed E-state index contributed by atoms with van der Waals surface area (Å²) in [5.74, 6) is 2.72. The van der Waals surface area contributed by atoms with Gasteiger partial charge in [0.15, 0.2) is 0 Å². The van der Waals surface area contributed by atoms with E-state index in [2.05, 4.69) is 41.2 Å². The van der Waals surface area contributed by atoms with Crippen LogP contribution in [0.4, 0.5) is 5.82 Å². The second-order valence-corrected chi connectivity index (χ2v) is 5.67. The monoisotopic (exact) mass is 247 g/mol. The van der Waals surface area contributed by atoms with Crippen LogP contribution < -0.4 is 10.2 Å². The van der Waals surface area contributed by atoms with Crippen LogP contribution in [0.2, 0.25) is 0 Å². The van der Waals surface area contributed by atoms with Crippen molar-refractivity contribution in [2.24, 2.45) is 11.8 Å². The highest BCUT2D eigenvalue weighted by Gasteiger charge is 2.19. The van der Waals surface area contributed by atoms with Gasteiger partial charge in [0, 0.05) is 19.3 Å². The standard InChI is InChI=1S/C15H25N3/c1-13(2)11-16-12-14-6-9-18(10-7-14)15-5-3-4-8-17-15/h3-5,8,13-14,16H,6-7,9-12H2,1-2H3. The number of hydrogen-bond acceptors (Lipinski definition) is 3. The highest BCUT2D eigenvalue weighted by atomic mass is 15.2. The van der Waals surface area contributed by atoms with Crippen LogP contribution in [0.25, 0.3) is 0 Å². The van der Waals surface area contributed by atoms with Gasteiger partial charge >= 0.3 is 0 Å². The van der Waals surface area contributed by atoms with Crippen LogP contribution in [-0.4, -0.2) is 31.2 Å². The summed E-state index contributed by atoms with van der Waals surface area (Å²) in [6.07, 6.45) is 4.44. The minimum atomic E-state index is 0.749. The van der Waals surface area contributed by atoms with Crippen LogP contribution in [0.5, 0.6) is 0 Å². The fraction of sp³-hybridized carbons (Fsp3) is 0.667. The summed E-state index contributed by atoms with van der Waals surface area (Å²) in [6, 6.07) is 6.15. The maximum absolute atomic E-state index is 4.42. The topological polar surface area (TPSA) is 28.2 Å². The molecule has 0 spiro atoms. The molecule has 1 aromatic rings. The smallest absolute Gasteiger partial charge is 0.128 e. The van der Waals surface area contributed by atoms with Crippen molar-refractivity contribution in [3.8, 4) is 0 Å². The highest BCUT2D eigenvalue weighted by Crippen LogP contribution is 2.20. The van der Waals surface area contributed by atoms with Gasteiger partial charge in [0.05, 0.1) is 0 Å². The average Bonchev–Trinajstić information content (AvgIpc) is 2.40. The van der Waals surface area contributed by atoms with Crippen LogP contribution in [0.3, 0.4) is 0 Å². The molecule has 0 amide bonds. The Morgan fingerprint density at radius 3 is 2.72 bits per heavy atom. The lowest BCUT2D eigenvalue weighted by Crippen LogP contribution is -2.38. The van der Waals surface area contributed by atoms with Gasteiger partial charge in [0.2, 0.25) is 0 Å². The first-order valence-corrected chi connectivity index (χ1v) is 7.12. The molecule has 0 atom stereocenters. The van der Waals surface area contributed by atoms with Gasteiger partial charge in [-0.1, -0.05) is 19.9 Å². The SMILES string of the molecule is CC(C)CNCC1CCN(c2ccccn2)CC1. The zero-order chi connectivity index (χ0) is 12.8. The molecule has 0 saturated carbocycles. The number of rotatable bonds is 5. The minimum absolute atomic E-state index is 0.749. The summed E-state index contributed by atoms with van der Waals surface area (Å²) in [5.41, 5.74) is 0. The first-order valence-electron chi connectivity index (χ1n) is 7.12. The molecular formula is C15H25N3. The van der Waals surface area contributed by atoms with E-state index in [4.69, 9.17) is 0 Å². The van der Waals surface area contributed by atoms with Crippen molar-refractivity contribution < 1.29 is 0 Å². The Balaban J connectivity index is 1.71. The van der Waals surface area contributed by atoms with Gasteiger partial charge in [-0.25, -0.2) is 4.98 Å². The molecule has 1 N–H and O–H groups in total. The lowest BCUT2D eigenvalue weighted by Gasteiger charge is -2.33. The summed E-state index contributed by atoms with van der Waals surface area (Å²) in [6.45, 7) is 9.12. The number of anilines is 1. The summed E-state index contributed by atoms with van der Waals surface area (Å²) < 4.78 is 0. The third-order valence-corrected chi connectivity index (χ3v) is 3.57. The Morgan fingerprint density at radius 1 is 1.33 bits per heavy atom. The molecule has 0 aliphatic carbocycles. The second-order valence-electron chi connectivity index (χ2n) is 5.67. The quantitative estimate of drug-likeness (QED) is 0.866. The third kappa shape index (κ3) is 3.98. The van der Waals surface area contributed by atoms with E-state index in [-0.39, 0.29) is 0 Å². The molecule has 0 aromatic carbocycles. The molecule has 1 aliphatic heterocycles. The van der Waals surface area contributed by atoms with E-state index < -0.39 is 0 Å². The van der Waals surface area contributed by atoms with Crippen LogP contribution in [-0.2, 0) is 0 Å². The van der Waals surface area contributed by atoms with Gasteiger partial charge in [0.1, 0.15) is 5.82 Å². The molecule has 100 valence electrons. The Bertz CT molecular complexity index is 329. The van der Waals surface area contributed by atoms with Crippen LogP contribution >= 0.6 is 0 Å². The number of pyridine rings is 1. The van der Waals surface area contributed by atoms with Crippen molar-refractivity contribution in [1.29, 1.82) is 0 Å². The highest BCUT2D eigenvalue weighted by molar-refractivity contribution is 5.37. The molecule has 1 saturated heterocycles. The fourth-order valence-corrected chi connectivity index (χ4v) is 2.48. The summed E-state index contributed by atoms with van der Waals surface area (Å²) in [5, 5.41) is 3.58. The van der Waals surface area contributed by atoms with Crippen LogP contribution in [0.15, 0.2) is 24.4 Å². The van der Waals surface area contributed by atoms with E-state index in [0.29, 0.717) is 0 Å². The Hall–Kier alpha value is -1.09. The maximum Gasteiger partial charge on any atom is 0.128 e. The molecule has 2 heterocycles. The first kappa shape index (κ1) is 13.3. The predicted molar refractivity (Wildman–Crippen MR) is 76.9 cm³/mol. The van der Waals surface area contributed by atoms with Crippen molar-refractivity contribution in [2.75, 3.05) is 31.1 Å². The molecule has 0 radical (unpaired) electrons. The molecule has 3 nitrogen and oxygen atoms in total. The van der Waals surface area contributed by atoms with Crippen molar-refractivity contribution in [1.82, 2.24) is 10.3 Å². The van der Waals surface area contributed by atoms with Crippen molar-refractivity contribution in [3.63, 3.8) is 0 Å². The van der Waals surface area contributed by atoms with Crippen LogP contribution in [0.1, 0.15) is 26.7 Å². The first-order chi connectivity index (χ1) is 8.75. The molecule has 3 heteroatoms. The average molecular weight is 247 g/mol. The lowest BCUT2D eigenvalue weighted by atomic mass is 9.96.